The van der Waals surface area contributed by atoms with Gasteiger partial charge < -0.3 is 4.90 Å². The highest BCUT2D eigenvalue weighted by molar-refractivity contribution is 5.88. The third-order valence-corrected chi connectivity index (χ3v) is 3.63. The second-order valence-corrected chi connectivity index (χ2v) is 4.96. The molecule has 2 aromatic rings. The number of nitrogens with zero attached hydrogens (tertiary/aromatic N) is 1. The summed E-state index contributed by atoms with van der Waals surface area (Å²) in [7, 11) is 0. The van der Waals surface area contributed by atoms with Crippen molar-refractivity contribution in [3.63, 3.8) is 0 Å². The van der Waals surface area contributed by atoms with Gasteiger partial charge in [-0.25, -0.2) is 0 Å². The van der Waals surface area contributed by atoms with E-state index < -0.39 is 0 Å². The molecule has 0 aliphatic carbocycles. The molecule has 2 aromatic carbocycles. The molecule has 0 bridgehead atoms. The van der Waals surface area contributed by atoms with Crippen molar-refractivity contribution in [2.24, 2.45) is 0 Å². The number of hydrogen-bond acceptors (Lipinski definition) is 1. The van der Waals surface area contributed by atoms with E-state index in [1.165, 1.54) is 35.3 Å². The van der Waals surface area contributed by atoms with Crippen LogP contribution >= 0.6 is 0 Å². The summed E-state index contributed by atoms with van der Waals surface area (Å²) in [5.74, 6) is 0. The van der Waals surface area contributed by atoms with E-state index in [0.29, 0.717) is 0 Å². The normalized spacial score (nSPS) is 12.8. The molecule has 0 spiro atoms. The van der Waals surface area contributed by atoms with Crippen molar-refractivity contribution in [1.29, 1.82) is 0 Å². The van der Waals surface area contributed by atoms with E-state index >= 15 is 0 Å². The highest BCUT2D eigenvalue weighted by Crippen LogP contribution is 2.36. The van der Waals surface area contributed by atoms with E-state index in [1.54, 1.807) is 0 Å². The lowest BCUT2D eigenvalue weighted by atomic mass is 10.1. The molecular formula is C18H19N. The van der Waals surface area contributed by atoms with Crippen molar-refractivity contribution < 1.29 is 0 Å². The quantitative estimate of drug-likeness (QED) is 0.730. The molecule has 1 heterocycles. The zero-order valence-electron chi connectivity index (χ0n) is 11.3. The summed E-state index contributed by atoms with van der Waals surface area (Å²) in [5, 5.41) is 0. The maximum absolute atomic E-state index is 2.45. The van der Waals surface area contributed by atoms with Crippen LogP contribution in [0.4, 0.5) is 11.4 Å². The molecule has 1 aliphatic rings. The molecule has 1 aliphatic heterocycles. The predicted molar refractivity (Wildman–Crippen MR) is 83.7 cm³/mol. The van der Waals surface area contributed by atoms with Crippen molar-refractivity contribution in [1.82, 2.24) is 0 Å². The molecular weight excluding hydrogens is 230 g/mol. The Bertz CT molecular complexity index is 549. The fourth-order valence-corrected chi connectivity index (χ4v) is 2.62. The molecule has 0 aromatic heterocycles. The number of anilines is 2. The van der Waals surface area contributed by atoms with Crippen LogP contribution in [-0.2, 0) is 0 Å². The Hall–Kier alpha value is -2.02. The minimum absolute atomic E-state index is 1.08. The van der Waals surface area contributed by atoms with E-state index in [2.05, 4.69) is 72.5 Å². The van der Waals surface area contributed by atoms with Gasteiger partial charge in [0.1, 0.15) is 0 Å². The summed E-state index contributed by atoms with van der Waals surface area (Å²) < 4.78 is 0. The zero-order chi connectivity index (χ0) is 13.1. The van der Waals surface area contributed by atoms with Gasteiger partial charge in [0.2, 0.25) is 0 Å². The summed E-state index contributed by atoms with van der Waals surface area (Å²) >= 11 is 0. The Morgan fingerprint density at radius 2 is 1.32 bits per heavy atom. The molecule has 19 heavy (non-hydrogen) atoms. The van der Waals surface area contributed by atoms with E-state index in [4.69, 9.17) is 0 Å². The number of benzene rings is 2. The molecule has 96 valence electrons. The molecule has 0 radical (unpaired) electrons. The molecule has 1 nitrogen and oxygen atoms in total. The molecule has 0 atom stereocenters. The summed E-state index contributed by atoms with van der Waals surface area (Å²) in [4.78, 5) is 2.45. The molecule has 0 unspecified atom stereocenters. The molecule has 1 heteroatoms. The van der Waals surface area contributed by atoms with Crippen LogP contribution in [-0.4, -0.2) is 6.54 Å². The van der Waals surface area contributed by atoms with Crippen molar-refractivity contribution in [3.05, 3.63) is 59.7 Å². The van der Waals surface area contributed by atoms with Gasteiger partial charge in [0.25, 0.3) is 0 Å². The van der Waals surface area contributed by atoms with E-state index in [0.717, 1.165) is 6.54 Å². The Kier molecular flexibility index (Phi) is 3.37. The lowest BCUT2D eigenvalue weighted by Gasteiger charge is -2.26. The minimum Gasteiger partial charge on any atom is -0.341 e. The smallest absolute Gasteiger partial charge is 0.0484 e. The number of fused-ring (bicyclic) bond motifs is 2. The number of para-hydroxylation sites is 2. The maximum atomic E-state index is 2.45. The predicted octanol–water partition coefficient (Wildman–Crippen LogP) is 5.11. The van der Waals surface area contributed by atoms with Crippen LogP contribution in [0.5, 0.6) is 0 Å². The second kappa shape index (κ2) is 5.31. The summed E-state index contributed by atoms with van der Waals surface area (Å²) in [6, 6.07) is 17.3. The van der Waals surface area contributed by atoms with E-state index in [9.17, 15) is 0 Å². The van der Waals surface area contributed by atoms with Crippen LogP contribution in [0.25, 0.3) is 12.2 Å². The summed E-state index contributed by atoms with van der Waals surface area (Å²) in [6.07, 6.45) is 6.87. The first-order chi connectivity index (χ1) is 9.40. The van der Waals surface area contributed by atoms with Gasteiger partial charge in [-0.15, -0.1) is 0 Å². The van der Waals surface area contributed by atoms with Gasteiger partial charge in [0.15, 0.2) is 0 Å². The lowest BCUT2D eigenvalue weighted by molar-refractivity contribution is 0.785. The van der Waals surface area contributed by atoms with Crippen molar-refractivity contribution in [3.8, 4) is 0 Å². The molecule has 0 saturated carbocycles. The Balaban J connectivity index is 2.12. The van der Waals surface area contributed by atoms with Crippen molar-refractivity contribution in [2.75, 3.05) is 11.4 Å². The first kappa shape index (κ1) is 12.0. The van der Waals surface area contributed by atoms with Gasteiger partial charge in [-0.05, 0) is 29.7 Å². The molecule has 0 amide bonds. The largest absolute Gasteiger partial charge is 0.341 e. The molecule has 0 saturated heterocycles. The summed E-state index contributed by atoms with van der Waals surface area (Å²) in [5.41, 5.74) is 5.24. The Morgan fingerprint density at radius 3 is 1.84 bits per heavy atom. The summed E-state index contributed by atoms with van der Waals surface area (Å²) in [6.45, 7) is 3.32. The molecule has 3 rings (SSSR count). The fraction of sp³-hybridized carbons (Fsp3) is 0.222. The first-order valence-corrected chi connectivity index (χ1v) is 7.04. The fourth-order valence-electron chi connectivity index (χ4n) is 2.62. The maximum Gasteiger partial charge on any atom is 0.0484 e. The van der Waals surface area contributed by atoms with Gasteiger partial charge in [0, 0.05) is 17.9 Å². The SMILES string of the molecule is CCCCN1c2ccccc2C=Cc2ccccc21. The van der Waals surface area contributed by atoms with Gasteiger partial charge in [-0.1, -0.05) is 61.9 Å². The van der Waals surface area contributed by atoms with Crippen LogP contribution in [0, 0.1) is 0 Å². The van der Waals surface area contributed by atoms with Gasteiger partial charge in [0.05, 0.1) is 0 Å². The monoisotopic (exact) mass is 249 g/mol. The third-order valence-electron chi connectivity index (χ3n) is 3.63. The average molecular weight is 249 g/mol. The van der Waals surface area contributed by atoms with Gasteiger partial charge in [-0.3, -0.25) is 0 Å². The Labute approximate surface area is 115 Å². The highest BCUT2D eigenvalue weighted by Gasteiger charge is 2.16. The number of rotatable bonds is 3. The van der Waals surface area contributed by atoms with Gasteiger partial charge in [-0.2, -0.15) is 0 Å². The highest BCUT2D eigenvalue weighted by atomic mass is 15.1. The number of unbranched alkanes of at least 4 members (excludes halogenated alkanes) is 1. The van der Waals surface area contributed by atoms with Crippen molar-refractivity contribution >= 4 is 23.5 Å². The zero-order valence-corrected chi connectivity index (χ0v) is 11.3. The molecule has 0 N–H and O–H groups in total. The average Bonchev–Trinajstić information content (AvgIpc) is 2.62. The van der Waals surface area contributed by atoms with Crippen LogP contribution in [0.15, 0.2) is 48.5 Å². The van der Waals surface area contributed by atoms with Crippen LogP contribution in [0.3, 0.4) is 0 Å². The standard InChI is InChI=1S/C18H19N/c1-2-3-14-19-17-10-6-4-8-15(17)12-13-16-9-5-7-11-18(16)19/h4-13H,2-3,14H2,1H3. The third kappa shape index (κ3) is 2.28. The van der Waals surface area contributed by atoms with E-state index in [1.807, 2.05) is 0 Å². The second-order valence-electron chi connectivity index (χ2n) is 4.96. The lowest BCUT2D eigenvalue weighted by Crippen LogP contribution is -2.19. The topological polar surface area (TPSA) is 3.24 Å². The van der Waals surface area contributed by atoms with Crippen LogP contribution in [0.2, 0.25) is 0 Å². The Morgan fingerprint density at radius 1 is 0.789 bits per heavy atom. The van der Waals surface area contributed by atoms with Crippen LogP contribution < -0.4 is 4.90 Å². The van der Waals surface area contributed by atoms with Crippen molar-refractivity contribution in [2.45, 2.75) is 19.8 Å². The van der Waals surface area contributed by atoms with Gasteiger partial charge >= 0.3 is 0 Å². The van der Waals surface area contributed by atoms with Crippen LogP contribution in [0.1, 0.15) is 30.9 Å². The first-order valence-electron chi connectivity index (χ1n) is 7.04. The number of hydrogen-bond donors (Lipinski definition) is 0. The molecule has 0 fully saturated rings. The van der Waals surface area contributed by atoms with E-state index in [-0.39, 0.29) is 0 Å². The minimum atomic E-state index is 1.08.